The fourth-order valence-electron chi connectivity index (χ4n) is 3.24. The molecule has 1 saturated heterocycles. The molecule has 3 amide bonds. The van der Waals surface area contributed by atoms with Crippen LogP contribution in [0.1, 0.15) is 46.5 Å². The van der Waals surface area contributed by atoms with Gasteiger partial charge in [0, 0.05) is 37.4 Å². The van der Waals surface area contributed by atoms with Crippen molar-refractivity contribution in [1.29, 1.82) is 0 Å². The molecule has 29 heavy (non-hydrogen) atoms. The highest BCUT2D eigenvalue weighted by Crippen LogP contribution is 2.26. The smallest absolute Gasteiger partial charge is 0.227 e. The number of amides is 3. The first-order chi connectivity index (χ1) is 13.7. The lowest BCUT2D eigenvalue weighted by atomic mass is 9.95. The maximum Gasteiger partial charge on any atom is 0.227 e. The van der Waals surface area contributed by atoms with Gasteiger partial charge in [-0.15, -0.1) is 0 Å². The number of rotatable bonds is 7. The van der Waals surface area contributed by atoms with Crippen molar-refractivity contribution < 1.29 is 19.1 Å². The SMILES string of the molecule is COc1ccccc1NC(=O)C1CCN(C(=O)CCCNC(=O)C(C)(C)C)CC1. The fraction of sp³-hybridized carbons (Fsp3) is 0.591. The van der Waals surface area contributed by atoms with Gasteiger partial charge in [-0.05, 0) is 31.4 Å². The second kappa shape index (κ2) is 10.3. The Balaban J connectivity index is 1.72. The Morgan fingerprint density at radius 2 is 1.79 bits per heavy atom. The first-order valence-electron chi connectivity index (χ1n) is 10.2. The van der Waals surface area contributed by atoms with Crippen LogP contribution in [0.5, 0.6) is 5.75 Å². The van der Waals surface area contributed by atoms with Crippen LogP contribution >= 0.6 is 0 Å². The number of nitrogens with zero attached hydrogens (tertiary/aromatic N) is 1. The van der Waals surface area contributed by atoms with Crippen LogP contribution in [0.4, 0.5) is 5.69 Å². The molecule has 0 radical (unpaired) electrons. The molecule has 1 heterocycles. The summed E-state index contributed by atoms with van der Waals surface area (Å²) in [5.74, 6) is 0.555. The summed E-state index contributed by atoms with van der Waals surface area (Å²) in [6.45, 7) is 7.25. The second-order valence-corrected chi connectivity index (χ2v) is 8.45. The third-order valence-corrected chi connectivity index (χ3v) is 5.12. The molecule has 0 atom stereocenters. The number of anilines is 1. The van der Waals surface area contributed by atoms with Gasteiger partial charge in [-0.1, -0.05) is 32.9 Å². The van der Waals surface area contributed by atoms with E-state index in [1.165, 1.54) is 0 Å². The molecule has 0 aliphatic carbocycles. The molecule has 2 N–H and O–H groups in total. The topological polar surface area (TPSA) is 87.7 Å². The number of likely N-dealkylation sites (tertiary alicyclic amines) is 1. The molecule has 1 aromatic carbocycles. The summed E-state index contributed by atoms with van der Waals surface area (Å²) < 4.78 is 5.27. The molecule has 1 aliphatic heterocycles. The number of para-hydroxylation sites is 2. The van der Waals surface area contributed by atoms with Crippen molar-refractivity contribution in [2.75, 3.05) is 32.1 Å². The Morgan fingerprint density at radius 3 is 2.41 bits per heavy atom. The van der Waals surface area contributed by atoms with Crippen LogP contribution in [0.3, 0.4) is 0 Å². The normalized spacial score (nSPS) is 15.0. The van der Waals surface area contributed by atoms with Crippen molar-refractivity contribution in [3.8, 4) is 5.75 Å². The van der Waals surface area contributed by atoms with Gasteiger partial charge >= 0.3 is 0 Å². The van der Waals surface area contributed by atoms with Gasteiger partial charge in [-0.2, -0.15) is 0 Å². The molecule has 1 aromatic rings. The quantitative estimate of drug-likeness (QED) is 0.686. The van der Waals surface area contributed by atoms with E-state index < -0.39 is 5.41 Å². The zero-order valence-corrected chi connectivity index (χ0v) is 17.9. The molecule has 7 heteroatoms. The average molecular weight is 404 g/mol. The summed E-state index contributed by atoms with van der Waals surface area (Å²) >= 11 is 0. The summed E-state index contributed by atoms with van der Waals surface area (Å²) in [4.78, 5) is 38.6. The minimum atomic E-state index is -0.420. The highest BCUT2D eigenvalue weighted by molar-refractivity contribution is 5.94. The number of benzene rings is 1. The standard InChI is InChI=1S/C22H33N3O4/c1-22(2,3)21(28)23-13-7-10-19(26)25-14-11-16(12-15-25)20(27)24-17-8-5-6-9-18(17)29-4/h5-6,8-9,16H,7,10-15H2,1-4H3,(H,23,28)(H,24,27). The van der Waals surface area contributed by atoms with Gasteiger partial charge in [0.05, 0.1) is 12.8 Å². The number of hydrogen-bond donors (Lipinski definition) is 2. The van der Waals surface area contributed by atoms with Gasteiger partial charge in [0.2, 0.25) is 17.7 Å². The zero-order chi connectivity index (χ0) is 21.4. The molecule has 1 aliphatic rings. The molecule has 1 fully saturated rings. The van der Waals surface area contributed by atoms with E-state index in [0.29, 0.717) is 56.8 Å². The predicted octanol–water partition coefficient (Wildman–Crippen LogP) is 2.81. The Morgan fingerprint density at radius 1 is 1.14 bits per heavy atom. The van der Waals surface area contributed by atoms with Crippen molar-refractivity contribution >= 4 is 23.4 Å². The number of methoxy groups -OCH3 is 1. The minimum absolute atomic E-state index is 0.00757. The Bertz CT molecular complexity index is 719. The van der Waals surface area contributed by atoms with E-state index in [0.717, 1.165) is 0 Å². The number of nitrogens with one attached hydrogen (secondary N) is 2. The molecule has 0 saturated carbocycles. The van der Waals surface area contributed by atoms with Crippen molar-refractivity contribution in [2.45, 2.75) is 46.5 Å². The molecule has 0 spiro atoms. The van der Waals surface area contributed by atoms with Crippen LogP contribution in [0.15, 0.2) is 24.3 Å². The Hall–Kier alpha value is -2.57. The molecule has 0 aromatic heterocycles. The highest BCUT2D eigenvalue weighted by Gasteiger charge is 2.27. The van der Waals surface area contributed by atoms with Crippen LogP contribution in [0.2, 0.25) is 0 Å². The van der Waals surface area contributed by atoms with Crippen molar-refractivity contribution in [3.63, 3.8) is 0 Å². The number of hydrogen-bond acceptors (Lipinski definition) is 4. The number of piperidine rings is 1. The first kappa shape index (κ1) is 22.7. The molecule has 2 rings (SSSR count). The fourth-order valence-corrected chi connectivity index (χ4v) is 3.24. The first-order valence-corrected chi connectivity index (χ1v) is 10.2. The number of carbonyl (C=O) groups excluding carboxylic acids is 3. The lowest BCUT2D eigenvalue weighted by Gasteiger charge is -2.31. The lowest BCUT2D eigenvalue weighted by molar-refractivity contribution is -0.134. The molecular weight excluding hydrogens is 370 g/mol. The molecule has 0 bridgehead atoms. The number of ether oxygens (including phenoxy) is 1. The van der Waals surface area contributed by atoms with Gasteiger partial charge in [0.1, 0.15) is 5.75 Å². The summed E-state index contributed by atoms with van der Waals surface area (Å²) in [7, 11) is 1.57. The van der Waals surface area contributed by atoms with E-state index >= 15 is 0 Å². The summed E-state index contributed by atoms with van der Waals surface area (Å²) in [5.41, 5.74) is 0.242. The van der Waals surface area contributed by atoms with E-state index in [-0.39, 0.29) is 23.6 Å². The maximum atomic E-state index is 12.6. The highest BCUT2D eigenvalue weighted by atomic mass is 16.5. The summed E-state index contributed by atoms with van der Waals surface area (Å²) in [6, 6.07) is 7.32. The Labute approximate surface area is 173 Å². The molecule has 0 unspecified atom stereocenters. The Kier molecular flexibility index (Phi) is 8.05. The van der Waals surface area contributed by atoms with Gasteiger partial charge in [-0.25, -0.2) is 0 Å². The van der Waals surface area contributed by atoms with E-state index in [4.69, 9.17) is 4.74 Å². The molecule has 160 valence electrons. The monoisotopic (exact) mass is 403 g/mol. The largest absolute Gasteiger partial charge is 0.495 e. The zero-order valence-electron chi connectivity index (χ0n) is 17.9. The van der Waals surface area contributed by atoms with Gasteiger partial charge in [0.15, 0.2) is 0 Å². The average Bonchev–Trinajstić information content (AvgIpc) is 2.70. The van der Waals surface area contributed by atoms with Gasteiger partial charge in [-0.3, -0.25) is 14.4 Å². The predicted molar refractivity (Wildman–Crippen MR) is 113 cm³/mol. The van der Waals surface area contributed by atoms with Crippen molar-refractivity contribution in [2.24, 2.45) is 11.3 Å². The second-order valence-electron chi connectivity index (χ2n) is 8.45. The van der Waals surface area contributed by atoms with E-state index in [9.17, 15) is 14.4 Å². The van der Waals surface area contributed by atoms with Crippen LogP contribution < -0.4 is 15.4 Å². The third kappa shape index (κ3) is 6.76. The van der Waals surface area contributed by atoms with Crippen molar-refractivity contribution in [3.05, 3.63) is 24.3 Å². The number of carbonyl (C=O) groups is 3. The van der Waals surface area contributed by atoms with Crippen molar-refractivity contribution in [1.82, 2.24) is 10.2 Å². The summed E-state index contributed by atoms with van der Waals surface area (Å²) in [5, 5.41) is 5.79. The van der Waals surface area contributed by atoms with E-state index in [2.05, 4.69) is 10.6 Å². The lowest BCUT2D eigenvalue weighted by Crippen LogP contribution is -2.41. The molecular formula is C22H33N3O4. The van der Waals surface area contributed by atoms with E-state index in [1.807, 2.05) is 43.9 Å². The van der Waals surface area contributed by atoms with Crippen LogP contribution in [0, 0.1) is 11.3 Å². The van der Waals surface area contributed by atoms with Crippen LogP contribution in [-0.4, -0.2) is 49.4 Å². The van der Waals surface area contributed by atoms with Gasteiger partial charge < -0.3 is 20.3 Å². The molecule has 7 nitrogen and oxygen atoms in total. The minimum Gasteiger partial charge on any atom is -0.495 e. The van der Waals surface area contributed by atoms with E-state index in [1.54, 1.807) is 13.2 Å². The van der Waals surface area contributed by atoms with Crippen LogP contribution in [-0.2, 0) is 14.4 Å². The third-order valence-electron chi connectivity index (χ3n) is 5.12. The van der Waals surface area contributed by atoms with Crippen LogP contribution in [0.25, 0.3) is 0 Å². The van der Waals surface area contributed by atoms with Gasteiger partial charge in [0.25, 0.3) is 0 Å². The maximum absolute atomic E-state index is 12.6. The summed E-state index contributed by atoms with van der Waals surface area (Å²) in [6.07, 6.45) is 2.32.